The van der Waals surface area contributed by atoms with Crippen molar-refractivity contribution in [2.45, 2.75) is 57.1 Å². The summed E-state index contributed by atoms with van der Waals surface area (Å²) in [5, 5.41) is 15.8. The molecule has 1 saturated heterocycles. The van der Waals surface area contributed by atoms with Crippen LogP contribution in [0.4, 0.5) is 0 Å². The van der Waals surface area contributed by atoms with Crippen LogP contribution in [-0.4, -0.2) is 70.0 Å². The van der Waals surface area contributed by atoms with E-state index in [9.17, 15) is 13.0 Å². The molecule has 0 bridgehead atoms. The normalized spacial score (nSPS) is 14.8. The zero-order valence-corrected chi connectivity index (χ0v) is 28.7. The fourth-order valence-corrected chi connectivity index (χ4v) is 7.98. The van der Waals surface area contributed by atoms with Crippen LogP contribution in [0.25, 0.3) is 0 Å². The van der Waals surface area contributed by atoms with E-state index in [0.29, 0.717) is 23.6 Å². The van der Waals surface area contributed by atoms with E-state index < -0.39 is 23.7 Å². The van der Waals surface area contributed by atoms with E-state index in [1.54, 1.807) is 45.0 Å². The van der Waals surface area contributed by atoms with Gasteiger partial charge >= 0.3 is 7.60 Å². The second-order valence-electron chi connectivity index (χ2n) is 11.1. The Morgan fingerprint density at radius 1 is 0.979 bits per heavy atom. The van der Waals surface area contributed by atoms with Crippen LogP contribution in [0.15, 0.2) is 77.7 Å². The first-order valence-corrected chi connectivity index (χ1v) is 18.6. The maximum Gasteiger partial charge on any atom is 0.361 e. The quantitative estimate of drug-likeness (QED) is 0.0948. The lowest BCUT2D eigenvalue weighted by atomic mass is 10.1. The van der Waals surface area contributed by atoms with E-state index in [-0.39, 0.29) is 42.0 Å². The minimum absolute atomic E-state index is 0.00812. The van der Waals surface area contributed by atoms with Crippen LogP contribution in [0.3, 0.4) is 0 Å². The summed E-state index contributed by atoms with van der Waals surface area (Å²) in [5.41, 5.74) is 6.99. The Bertz CT molecular complexity index is 1650. The van der Waals surface area contributed by atoms with Gasteiger partial charge in [0.25, 0.3) is 0 Å². The number of nitrogens with zero attached hydrogens (tertiary/aromatic N) is 1. The average Bonchev–Trinajstić information content (AvgIpc) is 3.05. The van der Waals surface area contributed by atoms with Gasteiger partial charge in [0.1, 0.15) is 30.0 Å². The summed E-state index contributed by atoms with van der Waals surface area (Å²) in [6.07, 6.45) is 2.04. The second-order valence-corrected chi connectivity index (χ2v) is 14.9. The molecular formula is C33H44N5O7PS. The average molecular weight is 686 g/mol. The van der Waals surface area contributed by atoms with Crippen molar-refractivity contribution < 1.29 is 31.5 Å². The molecule has 47 heavy (non-hydrogen) atoms. The van der Waals surface area contributed by atoms with Crippen molar-refractivity contribution in [2.75, 3.05) is 32.9 Å². The number of amidine groups is 2. The molecule has 0 aromatic heterocycles. The number of benzene rings is 3. The van der Waals surface area contributed by atoms with Crippen molar-refractivity contribution in [1.29, 1.82) is 10.8 Å². The summed E-state index contributed by atoms with van der Waals surface area (Å²) in [7, 11) is -7.61. The van der Waals surface area contributed by atoms with Gasteiger partial charge in [-0.05, 0) is 81.3 Å². The molecule has 1 fully saturated rings. The smallest absolute Gasteiger partial charge is 0.361 e. The van der Waals surface area contributed by atoms with Crippen LogP contribution in [0.2, 0.25) is 0 Å². The van der Waals surface area contributed by atoms with Gasteiger partial charge in [-0.15, -0.1) is 0 Å². The van der Waals surface area contributed by atoms with Crippen molar-refractivity contribution >= 4 is 34.6 Å². The van der Waals surface area contributed by atoms with Gasteiger partial charge in [-0.2, -0.15) is 0 Å². The van der Waals surface area contributed by atoms with Gasteiger partial charge in [-0.1, -0.05) is 24.3 Å². The Morgan fingerprint density at radius 3 is 2.19 bits per heavy atom. The van der Waals surface area contributed by atoms with Gasteiger partial charge in [0.05, 0.1) is 35.3 Å². The summed E-state index contributed by atoms with van der Waals surface area (Å²) in [5.74, 6) is 1.64. The third-order valence-corrected chi connectivity index (χ3v) is 11.3. The van der Waals surface area contributed by atoms with E-state index in [1.807, 2.05) is 29.2 Å². The Balaban J connectivity index is 1.49. The van der Waals surface area contributed by atoms with E-state index in [4.69, 9.17) is 35.1 Å². The number of nitrogen functional groups attached to an aromatic ring is 1. The number of nitrogens with two attached hydrogens (primary N) is 1. The number of nitrogens with one attached hydrogen (secondary N) is 3. The van der Waals surface area contributed by atoms with Crippen LogP contribution in [0, 0.1) is 10.8 Å². The third kappa shape index (κ3) is 10.1. The molecule has 0 amide bonds. The lowest BCUT2D eigenvalue weighted by Crippen LogP contribution is -2.40. The molecule has 0 saturated carbocycles. The minimum Gasteiger partial charge on any atom is -0.492 e. The number of ether oxygens (including phenoxy) is 2. The van der Waals surface area contributed by atoms with Crippen molar-refractivity contribution in [3.05, 3.63) is 83.9 Å². The van der Waals surface area contributed by atoms with Gasteiger partial charge in [0, 0.05) is 31.5 Å². The fraction of sp³-hybridized carbons (Fsp3) is 0.394. The molecule has 4 rings (SSSR count). The highest BCUT2D eigenvalue weighted by atomic mass is 32.2. The molecule has 0 radical (unpaired) electrons. The molecule has 3 aromatic rings. The summed E-state index contributed by atoms with van der Waals surface area (Å²) in [6.45, 7) is 7.12. The Labute approximate surface area is 277 Å². The lowest BCUT2D eigenvalue weighted by molar-refractivity contribution is 0.130. The van der Waals surface area contributed by atoms with Crippen molar-refractivity contribution in [3.8, 4) is 11.5 Å². The van der Waals surface area contributed by atoms with E-state index >= 15 is 0 Å². The van der Waals surface area contributed by atoms with E-state index in [2.05, 4.69) is 4.72 Å². The van der Waals surface area contributed by atoms with Crippen molar-refractivity contribution in [3.63, 3.8) is 0 Å². The van der Waals surface area contributed by atoms with E-state index in [0.717, 1.165) is 37.2 Å². The van der Waals surface area contributed by atoms with Crippen LogP contribution >= 0.6 is 7.60 Å². The number of hydrogen-bond donors (Lipinski definition) is 4. The molecule has 1 heterocycles. The largest absolute Gasteiger partial charge is 0.492 e. The van der Waals surface area contributed by atoms with Gasteiger partial charge in [-0.25, -0.2) is 13.1 Å². The molecule has 12 nitrogen and oxygen atoms in total. The first kappa shape index (κ1) is 36.1. The van der Waals surface area contributed by atoms with Crippen LogP contribution in [0.5, 0.6) is 11.5 Å². The summed E-state index contributed by atoms with van der Waals surface area (Å²) in [6, 6.07) is 19.2. The summed E-state index contributed by atoms with van der Waals surface area (Å²) >= 11 is 0. The molecular weight excluding hydrogens is 641 g/mol. The minimum atomic E-state index is -4.03. The maximum absolute atomic E-state index is 13.6. The number of hydrogen-bond acceptors (Lipinski definition) is 9. The molecule has 1 aliphatic rings. The van der Waals surface area contributed by atoms with E-state index in [1.165, 1.54) is 24.3 Å². The molecule has 0 aliphatic carbocycles. The van der Waals surface area contributed by atoms with Crippen LogP contribution in [0.1, 0.15) is 44.7 Å². The Hall–Kier alpha value is -3.74. The monoisotopic (exact) mass is 685 g/mol. The topological polar surface area (TPSA) is 177 Å². The highest BCUT2D eigenvalue weighted by molar-refractivity contribution is 7.89. The van der Waals surface area contributed by atoms with Gasteiger partial charge in [0.2, 0.25) is 10.0 Å². The van der Waals surface area contributed by atoms with Gasteiger partial charge in [-0.3, -0.25) is 15.4 Å². The first-order chi connectivity index (χ1) is 22.4. The summed E-state index contributed by atoms with van der Waals surface area (Å²) in [4.78, 5) is 2.02. The predicted octanol–water partition coefficient (Wildman–Crippen LogP) is 4.67. The van der Waals surface area contributed by atoms with Gasteiger partial charge in [0.15, 0.2) is 0 Å². The van der Waals surface area contributed by atoms with Crippen LogP contribution in [-0.2, 0) is 30.1 Å². The third-order valence-electron chi connectivity index (χ3n) is 7.60. The predicted molar refractivity (Wildman–Crippen MR) is 183 cm³/mol. The molecule has 3 aromatic carbocycles. The molecule has 1 atom stereocenters. The second kappa shape index (κ2) is 16.4. The number of likely N-dealkylation sites (tertiary alicyclic amines) is 1. The number of sulfonamides is 1. The van der Waals surface area contributed by atoms with Crippen molar-refractivity contribution in [2.24, 2.45) is 5.73 Å². The highest BCUT2D eigenvalue weighted by Crippen LogP contribution is 2.46. The Kier molecular flexibility index (Phi) is 12.6. The molecule has 1 aliphatic heterocycles. The lowest BCUT2D eigenvalue weighted by Gasteiger charge is -2.32. The zero-order chi connectivity index (χ0) is 34.0. The molecule has 5 N–H and O–H groups in total. The van der Waals surface area contributed by atoms with Crippen molar-refractivity contribution in [1.82, 2.24) is 9.62 Å². The zero-order valence-electron chi connectivity index (χ0n) is 27.0. The first-order valence-electron chi connectivity index (χ1n) is 15.6. The molecule has 0 unspecified atom stereocenters. The molecule has 254 valence electrons. The van der Waals surface area contributed by atoms with Crippen LogP contribution < -0.4 is 25.2 Å². The fourth-order valence-electron chi connectivity index (χ4n) is 5.20. The number of rotatable bonds is 16. The molecule has 0 spiro atoms. The highest BCUT2D eigenvalue weighted by Gasteiger charge is 2.28. The number of piperidine rings is 1. The standard InChI is InChI=1S/C33H44N5O7PS/c1-4-43-46(39,44-5-2)31-13-15-32(16-14-31)47(40,41)37-27(23-42-30-8-6-7-26(22-30)33(35)36)21-25-9-11-28(12-10-25)45-29-17-19-38(20-18-29)24(3)34/h6-16,22,27,29,34,37H,4-5,17-21,23H2,1-3H3,(H3,35,36)/t27-/m0/s1. The SMILES string of the molecule is CCOP(=O)(OCC)c1ccc(S(=O)(=O)N[C@H](COc2cccc(C(=N)N)c2)Cc2ccc(OC3CCN(C(C)=N)CC3)cc2)cc1. The maximum atomic E-state index is 13.6. The van der Waals surface area contributed by atoms with Gasteiger partial charge < -0.3 is 29.2 Å². The summed E-state index contributed by atoms with van der Waals surface area (Å²) < 4.78 is 66.0. The Morgan fingerprint density at radius 2 is 1.62 bits per heavy atom. The molecule has 14 heteroatoms.